The lowest BCUT2D eigenvalue weighted by molar-refractivity contribution is 0.148. The Morgan fingerprint density at radius 1 is 1.24 bits per heavy atom. The first-order chi connectivity index (χ1) is 9.83. The molecule has 3 atom stereocenters. The number of hydrogen-bond acceptors (Lipinski definition) is 2. The van der Waals surface area contributed by atoms with Crippen molar-refractivity contribution in [3.05, 3.63) is 28.2 Å². The van der Waals surface area contributed by atoms with Crippen molar-refractivity contribution in [2.45, 2.75) is 62.6 Å². The van der Waals surface area contributed by atoms with Gasteiger partial charge in [-0.1, -0.05) is 50.4 Å². The zero-order valence-corrected chi connectivity index (χ0v) is 15.4. The molecular weight excluding hydrogens is 321 g/mol. The molecule has 4 heteroatoms. The Morgan fingerprint density at radius 2 is 1.95 bits per heavy atom. The Balaban J connectivity index is 2.08. The van der Waals surface area contributed by atoms with Crippen LogP contribution < -0.4 is 5.73 Å². The van der Waals surface area contributed by atoms with Gasteiger partial charge in [0.05, 0.1) is 10.0 Å². The van der Waals surface area contributed by atoms with Crippen molar-refractivity contribution in [2.24, 2.45) is 17.1 Å². The monoisotopic (exact) mass is 345 g/mol. The SMILES string of the molecule is CCC(C)(C)C1CCC(N)C(Sc2ccc(Cl)c(Cl)c2)C1. The summed E-state index contributed by atoms with van der Waals surface area (Å²) in [7, 11) is 0. The van der Waals surface area contributed by atoms with Crippen molar-refractivity contribution < 1.29 is 0 Å². The smallest absolute Gasteiger partial charge is 0.0603 e. The number of thioether (sulfide) groups is 1. The second kappa shape index (κ2) is 7.12. The van der Waals surface area contributed by atoms with E-state index in [1.54, 1.807) is 0 Å². The topological polar surface area (TPSA) is 26.0 Å². The molecule has 1 aromatic carbocycles. The summed E-state index contributed by atoms with van der Waals surface area (Å²) < 4.78 is 0. The van der Waals surface area contributed by atoms with E-state index >= 15 is 0 Å². The van der Waals surface area contributed by atoms with Gasteiger partial charge in [0.2, 0.25) is 0 Å². The molecule has 1 saturated carbocycles. The summed E-state index contributed by atoms with van der Waals surface area (Å²) in [5.74, 6) is 0.752. The van der Waals surface area contributed by atoms with Crippen molar-refractivity contribution in [3.63, 3.8) is 0 Å². The number of hydrogen-bond donors (Lipinski definition) is 1. The lowest BCUT2D eigenvalue weighted by atomic mass is 9.69. The van der Waals surface area contributed by atoms with Crippen molar-refractivity contribution in [3.8, 4) is 0 Å². The zero-order chi connectivity index (χ0) is 15.6. The predicted octanol–water partition coefficient (Wildman–Crippen LogP) is 6.02. The molecule has 1 nitrogen and oxygen atoms in total. The second-order valence-electron chi connectivity index (χ2n) is 6.75. The van der Waals surface area contributed by atoms with Gasteiger partial charge in [-0.15, -0.1) is 11.8 Å². The molecule has 0 radical (unpaired) electrons. The maximum Gasteiger partial charge on any atom is 0.0603 e. The highest BCUT2D eigenvalue weighted by Crippen LogP contribution is 2.45. The van der Waals surface area contributed by atoms with E-state index in [9.17, 15) is 0 Å². The van der Waals surface area contributed by atoms with Crippen LogP contribution >= 0.6 is 35.0 Å². The molecule has 0 heterocycles. The highest BCUT2D eigenvalue weighted by Gasteiger charge is 2.36. The van der Waals surface area contributed by atoms with Gasteiger partial charge in [0.25, 0.3) is 0 Å². The number of rotatable bonds is 4. The molecule has 1 aromatic rings. The lowest BCUT2D eigenvalue weighted by Gasteiger charge is -2.41. The molecule has 1 aliphatic carbocycles. The quantitative estimate of drug-likeness (QED) is 0.722. The van der Waals surface area contributed by atoms with Gasteiger partial charge in [-0.05, 0) is 48.8 Å². The Morgan fingerprint density at radius 3 is 2.57 bits per heavy atom. The fourth-order valence-electron chi connectivity index (χ4n) is 3.01. The number of halogens is 2. The zero-order valence-electron chi connectivity index (χ0n) is 13.0. The summed E-state index contributed by atoms with van der Waals surface area (Å²) in [4.78, 5) is 1.17. The highest BCUT2D eigenvalue weighted by atomic mass is 35.5. The van der Waals surface area contributed by atoms with Crippen LogP contribution in [0, 0.1) is 11.3 Å². The van der Waals surface area contributed by atoms with Crippen LogP contribution in [0.5, 0.6) is 0 Å². The standard InChI is InChI=1S/C17H25Cl2NS/c1-4-17(2,3)11-5-8-15(20)16(9-11)21-12-6-7-13(18)14(19)10-12/h6-7,10-11,15-16H,4-5,8-9,20H2,1-3H3. The molecule has 0 aliphatic heterocycles. The van der Waals surface area contributed by atoms with E-state index in [0.717, 1.165) is 12.3 Å². The van der Waals surface area contributed by atoms with Gasteiger partial charge in [-0.25, -0.2) is 0 Å². The average Bonchev–Trinajstić information content (AvgIpc) is 2.45. The highest BCUT2D eigenvalue weighted by molar-refractivity contribution is 8.00. The Bertz CT molecular complexity index is 490. The van der Waals surface area contributed by atoms with E-state index in [2.05, 4.69) is 20.8 Å². The molecule has 1 fully saturated rings. The third-order valence-corrected chi connectivity index (χ3v) is 7.15. The van der Waals surface area contributed by atoms with Crippen LogP contribution in [-0.2, 0) is 0 Å². The summed E-state index contributed by atoms with van der Waals surface area (Å²) in [6.07, 6.45) is 4.78. The van der Waals surface area contributed by atoms with Crippen LogP contribution in [0.3, 0.4) is 0 Å². The van der Waals surface area contributed by atoms with Crippen LogP contribution in [0.2, 0.25) is 10.0 Å². The van der Waals surface area contributed by atoms with Crippen LogP contribution in [0.1, 0.15) is 46.5 Å². The average molecular weight is 346 g/mol. The molecule has 0 amide bonds. The Labute approximate surface area is 143 Å². The second-order valence-corrected chi connectivity index (χ2v) is 8.88. The minimum Gasteiger partial charge on any atom is -0.327 e. The van der Waals surface area contributed by atoms with Crippen LogP contribution in [0.15, 0.2) is 23.1 Å². The van der Waals surface area contributed by atoms with E-state index < -0.39 is 0 Å². The first kappa shape index (κ1) is 17.5. The number of benzene rings is 1. The maximum atomic E-state index is 6.36. The van der Waals surface area contributed by atoms with E-state index in [1.165, 1.54) is 24.2 Å². The summed E-state index contributed by atoms with van der Waals surface area (Å²) >= 11 is 14.0. The van der Waals surface area contributed by atoms with E-state index in [4.69, 9.17) is 28.9 Å². The summed E-state index contributed by atoms with van der Waals surface area (Å²) in [5, 5.41) is 1.70. The lowest BCUT2D eigenvalue weighted by Crippen LogP contribution is -2.42. The van der Waals surface area contributed by atoms with Gasteiger partial charge >= 0.3 is 0 Å². The van der Waals surface area contributed by atoms with Crippen molar-refractivity contribution in [1.82, 2.24) is 0 Å². The minimum absolute atomic E-state index is 0.272. The van der Waals surface area contributed by atoms with Crippen molar-refractivity contribution in [1.29, 1.82) is 0 Å². The summed E-state index contributed by atoms with van der Waals surface area (Å²) in [6, 6.07) is 6.14. The molecule has 0 aromatic heterocycles. The van der Waals surface area contributed by atoms with Crippen molar-refractivity contribution in [2.75, 3.05) is 0 Å². The molecule has 2 N–H and O–H groups in total. The van der Waals surface area contributed by atoms with Gasteiger partial charge in [-0.3, -0.25) is 0 Å². The minimum atomic E-state index is 0.272. The van der Waals surface area contributed by atoms with Gasteiger partial charge in [0.15, 0.2) is 0 Å². The van der Waals surface area contributed by atoms with Crippen LogP contribution in [0.4, 0.5) is 0 Å². The molecule has 0 saturated heterocycles. The van der Waals surface area contributed by atoms with Gasteiger partial charge < -0.3 is 5.73 Å². The van der Waals surface area contributed by atoms with Crippen LogP contribution in [-0.4, -0.2) is 11.3 Å². The third kappa shape index (κ3) is 4.31. The van der Waals surface area contributed by atoms with E-state index in [-0.39, 0.29) is 6.04 Å². The molecule has 2 rings (SSSR count). The normalized spacial score (nSPS) is 26.9. The fraction of sp³-hybridized carbons (Fsp3) is 0.647. The predicted molar refractivity (Wildman–Crippen MR) is 95.5 cm³/mol. The number of nitrogens with two attached hydrogens (primary N) is 1. The van der Waals surface area contributed by atoms with Gasteiger partial charge in [0.1, 0.15) is 0 Å². The van der Waals surface area contributed by atoms with Crippen molar-refractivity contribution >= 4 is 35.0 Å². The Kier molecular flexibility index (Phi) is 5.92. The summed E-state index contributed by atoms with van der Waals surface area (Å²) in [6.45, 7) is 7.06. The molecule has 1 aliphatic rings. The first-order valence-electron chi connectivity index (χ1n) is 7.70. The Hall–Kier alpha value is 0.110. The fourth-order valence-corrected chi connectivity index (χ4v) is 4.70. The summed E-state index contributed by atoms with van der Waals surface area (Å²) in [5.41, 5.74) is 6.76. The largest absolute Gasteiger partial charge is 0.327 e. The first-order valence-corrected chi connectivity index (χ1v) is 9.34. The molecule has 3 unspecified atom stereocenters. The van der Waals surface area contributed by atoms with E-state index in [0.29, 0.717) is 20.7 Å². The maximum absolute atomic E-state index is 6.36. The van der Waals surface area contributed by atoms with Gasteiger partial charge in [0, 0.05) is 16.2 Å². The molecular formula is C17H25Cl2NS. The van der Waals surface area contributed by atoms with Gasteiger partial charge in [-0.2, -0.15) is 0 Å². The molecule has 0 bridgehead atoms. The molecule has 118 valence electrons. The third-order valence-electron chi connectivity index (χ3n) is 5.04. The molecule has 0 spiro atoms. The molecule has 21 heavy (non-hydrogen) atoms. The van der Waals surface area contributed by atoms with E-state index in [1.807, 2.05) is 30.0 Å². The van der Waals surface area contributed by atoms with Crippen LogP contribution in [0.25, 0.3) is 0 Å².